The van der Waals surface area contributed by atoms with Gasteiger partial charge >= 0.3 is 5.97 Å². The van der Waals surface area contributed by atoms with Crippen LogP contribution >= 0.6 is 11.6 Å². The summed E-state index contributed by atoms with van der Waals surface area (Å²) in [5.74, 6) is -1.58. The maximum Gasteiger partial charge on any atom is 0.312 e. The van der Waals surface area contributed by atoms with Crippen LogP contribution in [0.3, 0.4) is 0 Å². The van der Waals surface area contributed by atoms with Crippen molar-refractivity contribution >= 4 is 29.2 Å². The summed E-state index contributed by atoms with van der Waals surface area (Å²) in [4.78, 5) is 26.9. The van der Waals surface area contributed by atoms with E-state index in [9.17, 15) is 9.59 Å². The van der Waals surface area contributed by atoms with E-state index in [1.807, 2.05) is 18.2 Å². The first kappa shape index (κ1) is 14.7. The van der Waals surface area contributed by atoms with Gasteiger partial charge in [-0.15, -0.1) is 0 Å². The van der Waals surface area contributed by atoms with E-state index in [0.717, 1.165) is 0 Å². The lowest BCUT2D eigenvalue weighted by atomic mass is 9.77. The summed E-state index contributed by atoms with van der Waals surface area (Å²) in [6.45, 7) is 2.43. The molecule has 3 aliphatic heterocycles. The molecule has 2 saturated heterocycles. The van der Waals surface area contributed by atoms with Crippen molar-refractivity contribution < 1.29 is 19.1 Å². The highest BCUT2D eigenvalue weighted by Crippen LogP contribution is 2.52. The molecule has 0 N–H and O–H groups in total. The molecule has 1 aromatic carbocycles. The largest absolute Gasteiger partial charge is 0.466 e. The molecule has 6 heteroatoms. The summed E-state index contributed by atoms with van der Waals surface area (Å²) < 4.78 is 11.2. The second-order valence-corrected chi connectivity index (χ2v) is 6.49. The van der Waals surface area contributed by atoms with Gasteiger partial charge in [0.25, 0.3) is 0 Å². The Labute approximate surface area is 138 Å². The van der Waals surface area contributed by atoms with E-state index < -0.39 is 17.4 Å². The number of carbonyl (C=O) groups excluding carboxylic acids is 2. The average molecular weight is 334 g/mol. The minimum Gasteiger partial charge on any atom is -0.466 e. The number of nitrogens with zero attached hydrogens (tertiary/aromatic N) is 1. The summed E-state index contributed by atoms with van der Waals surface area (Å²) in [6, 6.07) is 7.13. The van der Waals surface area contributed by atoms with Crippen molar-refractivity contribution in [1.82, 2.24) is 0 Å². The minimum absolute atomic E-state index is 0.114. The van der Waals surface area contributed by atoms with Crippen molar-refractivity contribution in [2.24, 2.45) is 11.8 Å². The normalized spacial score (nSPS) is 34.1. The number of benzene rings is 1. The van der Waals surface area contributed by atoms with Crippen LogP contribution in [0.1, 0.15) is 6.92 Å². The first-order valence-corrected chi connectivity index (χ1v) is 8.04. The Balaban J connectivity index is 1.70. The number of halogens is 1. The van der Waals surface area contributed by atoms with E-state index >= 15 is 0 Å². The Morgan fingerprint density at radius 3 is 3.09 bits per heavy atom. The van der Waals surface area contributed by atoms with Crippen LogP contribution in [-0.4, -0.2) is 36.7 Å². The van der Waals surface area contributed by atoms with Gasteiger partial charge in [-0.05, 0) is 25.1 Å². The topological polar surface area (TPSA) is 55.8 Å². The fraction of sp³-hybridized carbons (Fsp3) is 0.412. The van der Waals surface area contributed by atoms with Gasteiger partial charge in [0.05, 0.1) is 25.2 Å². The summed E-state index contributed by atoms with van der Waals surface area (Å²) in [5, 5.41) is 0.563. The van der Waals surface area contributed by atoms with Crippen molar-refractivity contribution in [3.8, 4) is 0 Å². The smallest absolute Gasteiger partial charge is 0.312 e. The maximum absolute atomic E-state index is 13.0. The molecule has 0 aliphatic carbocycles. The second-order valence-electron chi connectivity index (χ2n) is 6.06. The Kier molecular flexibility index (Phi) is 3.25. The molecule has 1 amide bonds. The zero-order valence-corrected chi connectivity index (χ0v) is 13.3. The molecule has 0 unspecified atom stereocenters. The zero-order chi connectivity index (χ0) is 16.2. The van der Waals surface area contributed by atoms with E-state index in [0.29, 0.717) is 17.3 Å². The molecule has 1 aromatic rings. The molecule has 4 rings (SSSR count). The summed E-state index contributed by atoms with van der Waals surface area (Å²) in [5.41, 5.74) is -0.0177. The molecule has 3 aliphatic rings. The number of esters is 1. The number of carbonyl (C=O) groups is 2. The Hall–Kier alpha value is -1.85. The van der Waals surface area contributed by atoms with Crippen LogP contribution < -0.4 is 4.90 Å². The van der Waals surface area contributed by atoms with Crippen LogP contribution in [0.4, 0.5) is 5.69 Å². The van der Waals surface area contributed by atoms with Crippen LogP contribution in [0.15, 0.2) is 36.4 Å². The zero-order valence-electron chi connectivity index (χ0n) is 12.6. The summed E-state index contributed by atoms with van der Waals surface area (Å²) >= 11 is 6.03. The second kappa shape index (κ2) is 5.08. The Morgan fingerprint density at radius 2 is 2.35 bits per heavy atom. The first-order valence-electron chi connectivity index (χ1n) is 7.66. The van der Waals surface area contributed by atoms with Crippen molar-refractivity contribution in [3.05, 3.63) is 41.4 Å². The number of rotatable bonds is 3. The SMILES string of the molecule is CCOC(=O)[C@H]1[C@H]2C(=O)N(c3cccc(Cl)c3)C[C@]23C=C[C@H]1O3. The fourth-order valence-electron chi connectivity index (χ4n) is 3.87. The lowest BCUT2D eigenvalue weighted by Crippen LogP contribution is -2.40. The predicted octanol–water partition coefficient (Wildman–Crippen LogP) is 2.19. The van der Waals surface area contributed by atoms with Gasteiger partial charge in [0.1, 0.15) is 11.5 Å². The molecular formula is C17H16ClNO4. The van der Waals surface area contributed by atoms with Crippen molar-refractivity contribution in [2.45, 2.75) is 18.6 Å². The number of hydrogen-bond acceptors (Lipinski definition) is 4. The third-order valence-electron chi connectivity index (χ3n) is 4.78. The third-order valence-corrected chi connectivity index (χ3v) is 5.01. The number of amides is 1. The molecule has 0 aromatic heterocycles. The summed E-state index contributed by atoms with van der Waals surface area (Å²) in [7, 11) is 0. The molecule has 2 fully saturated rings. The van der Waals surface area contributed by atoms with Crippen molar-refractivity contribution in [2.75, 3.05) is 18.1 Å². The molecule has 4 atom stereocenters. The van der Waals surface area contributed by atoms with Gasteiger partial charge in [0, 0.05) is 10.7 Å². The molecular weight excluding hydrogens is 318 g/mol. The van der Waals surface area contributed by atoms with Crippen LogP contribution in [-0.2, 0) is 19.1 Å². The quantitative estimate of drug-likeness (QED) is 0.628. The molecule has 1 spiro atoms. The number of anilines is 1. The molecule has 0 radical (unpaired) electrons. The van der Waals surface area contributed by atoms with Gasteiger partial charge < -0.3 is 14.4 Å². The number of hydrogen-bond donors (Lipinski definition) is 0. The predicted molar refractivity (Wildman–Crippen MR) is 84.2 cm³/mol. The van der Waals surface area contributed by atoms with Gasteiger partial charge in [-0.2, -0.15) is 0 Å². The van der Waals surface area contributed by atoms with Crippen LogP contribution in [0.2, 0.25) is 5.02 Å². The van der Waals surface area contributed by atoms with E-state index in [1.54, 1.807) is 30.0 Å². The van der Waals surface area contributed by atoms with E-state index in [4.69, 9.17) is 21.1 Å². The van der Waals surface area contributed by atoms with E-state index in [-0.39, 0.29) is 24.6 Å². The standard InChI is InChI=1S/C17H16ClNO4/c1-2-22-16(21)13-12-6-7-17(23-12)9-19(15(20)14(13)17)11-5-3-4-10(18)8-11/h3-8,12-14H,2,9H2,1H3/t12-,13-,14+,17-/m1/s1. The molecule has 2 bridgehead atoms. The molecule has 0 saturated carbocycles. The number of fused-ring (bicyclic) bond motifs is 1. The van der Waals surface area contributed by atoms with Crippen molar-refractivity contribution in [3.63, 3.8) is 0 Å². The van der Waals surface area contributed by atoms with Gasteiger partial charge in [-0.3, -0.25) is 9.59 Å². The highest BCUT2D eigenvalue weighted by Gasteiger charge is 2.67. The Morgan fingerprint density at radius 1 is 1.52 bits per heavy atom. The van der Waals surface area contributed by atoms with E-state index in [2.05, 4.69) is 0 Å². The van der Waals surface area contributed by atoms with Crippen LogP contribution in [0.25, 0.3) is 0 Å². The van der Waals surface area contributed by atoms with Gasteiger partial charge in [0.2, 0.25) is 5.91 Å². The lowest BCUT2D eigenvalue weighted by molar-refractivity contribution is -0.151. The van der Waals surface area contributed by atoms with Gasteiger partial charge in [-0.1, -0.05) is 29.8 Å². The van der Waals surface area contributed by atoms with Crippen LogP contribution in [0.5, 0.6) is 0 Å². The van der Waals surface area contributed by atoms with Gasteiger partial charge in [0.15, 0.2) is 0 Å². The lowest BCUT2D eigenvalue weighted by Gasteiger charge is -2.22. The fourth-order valence-corrected chi connectivity index (χ4v) is 4.05. The van der Waals surface area contributed by atoms with Gasteiger partial charge in [-0.25, -0.2) is 0 Å². The van der Waals surface area contributed by atoms with E-state index in [1.165, 1.54) is 0 Å². The first-order chi connectivity index (χ1) is 11.1. The summed E-state index contributed by atoms with van der Waals surface area (Å²) in [6.07, 6.45) is 3.41. The highest BCUT2D eigenvalue weighted by molar-refractivity contribution is 6.31. The monoisotopic (exact) mass is 333 g/mol. The van der Waals surface area contributed by atoms with Crippen LogP contribution in [0, 0.1) is 11.8 Å². The molecule has 3 heterocycles. The third kappa shape index (κ3) is 2.03. The number of ether oxygens (including phenoxy) is 2. The average Bonchev–Trinajstić information content (AvgIpc) is 3.16. The minimum atomic E-state index is -0.735. The highest BCUT2D eigenvalue weighted by atomic mass is 35.5. The Bertz CT molecular complexity index is 718. The molecule has 5 nitrogen and oxygen atoms in total. The van der Waals surface area contributed by atoms with Crippen molar-refractivity contribution in [1.29, 1.82) is 0 Å². The molecule has 23 heavy (non-hydrogen) atoms. The maximum atomic E-state index is 13.0. The molecule has 120 valence electrons.